The number of benzene rings is 1. The Morgan fingerprint density at radius 1 is 1.33 bits per heavy atom. The van der Waals surface area contributed by atoms with Crippen LogP contribution in [0.2, 0.25) is 5.02 Å². The molecule has 1 amide bonds. The van der Waals surface area contributed by atoms with Crippen molar-refractivity contribution in [2.24, 2.45) is 0 Å². The summed E-state index contributed by atoms with van der Waals surface area (Å²) in [7, 11) is 0. The van der Waals surface area contributed by atoms with Crippen LogP contribution in [0.25, 0.3) is 0 Å². The van der Waals surface area contributed by atoms with Crippen molar-refractivity contribution in [2.45, 2.75) is 18.4 Å². The molecule has 0 aliphatic carbocycles. The van der Waals surface area contributed by atoms with E-state index in [0.29, 0.717) is 23.4 Å². The van der Waals surface area contributed by atoms with Gasteiger partial charge >= 0.3 is 0 Å². The van der Waals surface area contributed by atoms with Crippen molar-refractivity contribution in [3.8, 4) is 0 Å². The van der Waals surface area contributed by atoms with Crippen LogP contribution in [0.4, 0.5) is 0 Å². The smallest absolute Gasteiger partial charge is 0.251 e. The Balaban J connectivity index is 1.89. The molecule has 2 rings (SSSR count). The summed E-state index contributed by atoms with van der Waals surface area (Å²) in [6.45, 7) is 1.86. The van der Waals surface area contributed by atoms with Crippen molar-refractivity contribution >= 4 is 17.5 Å². The van der Waals surface area contributed by atoms with Gasteiger partial charge in [0.05, 0.1) is 5.60 Å². The first kappa shape index (κ1) is 13.3. The molecule has 5 heteroatoms. The second-order valence-electron chi connectivity index (χ2n) is 4.66. The molecule has 4 nitrogen and oxygen atoms in total. The number of hydrogen-bond donors (Lipinski definition) is 3. The molecule has 0 saturated carbocycles. The molecule has 1 heterocycles. The number of hydrogen-bond acceptors (Lipinski definition) is 3. The number of nitrogens with one attached hydrogen (secondary N) is 2. The first-order chi connectivity index (χ1) is 8.59. The molecule has 18 heavy (non-hydrogen) atoms. The lowest BCUT2D eigenvalue weighted by Gasteiger charge is -2.32. The molecular formula is C13H17ClN2O2. The maximum absolute atomic E-state index is 11.9. The predicted molar refractivity (Wildman–Crippen MR) is 70.8 cm³/mol. The van der Waals surface area contributed by atoms with Crippen molar-refractivity contribution in [2.75, 3.05) is 19.6 Å². The van der Waals surface area contributed by atoms with Crippen molar-refractivity contribution in [3.05, 3.63) is 34.9 Å². The van der Waals surface area contributed by atoms with Gasteiger partial charge in [-0.3, -0.25) is 4.79 Å². The lowest BCUT2D eigenvalue weighted by Crippen LogP contribution is -2.49. The summed E-state index contributed by atoms with van der Waals surface area (Å²) in [4.78, 5) is 11.9. The Labute approximate surface area is 111 Å². The Hall–Kier alpha value is -1.10. The van der Waals surface area contributed by atoms with Crippen LogP contribution < -0.4 is 10.6 Å². The van der Waals surface area contributed by atoms with E-state index in [4.69, 9.17) is 11.6 Å². The van der Waals surface area contributed by atoms with Gasteiger partial charge in [-0.05, 0) is 50.2 Å². The predicted octanol–water partition coefficient (Wildman–Crippen LogP) is 1.18. The minimum Gasteiger partial charge on any atom is -0.388 e. The minimum atomic E-state index is -0.784. The molecule has 0 atom stereocenters. The molecule has 1 aromatic carbocycles. The first-order valence-electron chi connectivity index (χ1n) is 6.06. The number of halogens is 1. The molecule has 3 N–H and O–H groups in total. The fourth-order valence-electron chi connectivity index (χ4n) is 2.02. The van der Waals surface area contributed by atoms with E-state index in [1.54, 1.807) is 24.3 Å². The maximum Gasteiger partial charge on any atom is 0.251 e. The minimum absolute atomic E-state index is 0.182. The van der Waals surface area contributed by atoms with Crippen molar-refractivity contribution in [3.63, 3.8) is 0 Å². The van der Waals surface area contributed by atoms with Crippen molar-refractivity contribution < 1.29 is 9.90 Å². The molecular weight excluding hydrogens is 252 g/mol. The van der Waals surface area contributed by atoms with Crippen LogP contribution in [0.15, 0.2) is 24.3 Å². The zero-order valence-corrected chi connectivity index (χ0v) is 10.8. The normalized spacial score (nSPS) is 18.3. The highest BCUT2D eigenvalue weighted by molar-refractivity contribution is 6.30. The zero-order valence-electron chi connectivity index (χ0n) is 10.1. The maximum atomic E-state index is 11.9. The van der Waals surface area contributed by atoms with E-state index in [9.17, 15) is 9.90 Å². The standard InChI is InChI=1S/C13H17ClN2O2/c14-11-3-1-10(2-4-11)12(17)16-9-13(18)5-7-15-8-6-13/h1-4,15,18H,5-9H2,(H,16,17). The number of piperidine rings is 1. The fourth-order valence-corrected chi connectivity index (χ4v) is 2.14. The van der Waals surface area contributed by atoms with Gasteiger partial charge in [0.2, 0.25) is 0 Å². The first-order valence-corrected chi connectivity index (χ1v) is 6.44. The van der Waals surface area contributed by atoms with Gasteiger partial charge < -0.3 is 15.7 Å². The molecule has 0 radical (unpaired) electrons. The van der Waals surface area contributed by atoms with Crippen LogP contribution in [-0.4, -0.2) is 36.2 Å². The Morgan fingerprint density at radius 2 is 1.94 bits per heavy atom. The van der Waals surface area contributed by atoms with Crippen LogP contribution in [0, 0.1) is 0 Å². The molecule has 1 aliphatic rings. The average molecular weight is 269 g/mol. The summed E-state index contributed by atoms with van der Waals surface area (Å²) < 4.78 is 0. The quantitative estimate of drug-likeness (QED) is 0.772. The number of rotatable bonds is 3. The molecule has 1 aliphatic heterocycles. The van der Waals surface area contributed by atoms with Gasteiger partial charge in [-0.2, -0.15) is 0 Å². The van der Waals surface area contributed by atoms with Gasteiger partial charge in [0, 0.05) is 17.1 Å². The molecule has 1 saturated heterocycles. The highest BCUT2D eigenvalue weighted by Gasteiger charge is 2.29. The molecule has 0 spiro atoms. The summed E-state index contributed by atoms with van der Waals surface area (Å²) in [5, 5.41) is 16.8. The van der Waals surface area contributed by atoms with Crippen LogP contribution in [0.1, 0.15) is 23.2 Å². The molecule has 0 aromatic heterocycles. The topological polar surface area (TPSA) is 61.4 Å². The van der Waals surface area contributed by atoms with E-state index in [0.717, 1.165) is 13.1 Å². The third kappa shape index (κ3) is 3.45. The summed E-state index contributed by atoms with van der Waals surface area (Å²) in [6.07, 6.45) is 1.32. The number of carbonyl (C=O) groups is 1. The Kier molecular flexibility index (Phi) is 4.22. The molecule has 1 fully saturated rings. The van der Waals surface area contributed by atoms with E-state index >= 15 is 0 Å². The largest absolute Gasteiger partial charge is 0.388 e. The third-order valence-electron chi connectivity index (χ3n) is 3.22. The molecule has 0 bridgehead atoms. The van der Waals surface area contributed by atoms with Crippen molar-refractivity contribution in [1.82, 2.24) is 10.6 Å². The van der Waals surface area contributed by atoms with E-state index in [-0.39, 0.29) is 12.5 Å². The van der Waals surface area contributed by atoms with Crippen molar-refractivity contribution in [1.29, 1.82) is 0 Å². The molecule has 98 valence electrons. The monoisotopic (exact) mass is 268 g/mol. The highest BCUT2D eigenvalue weighted by Crippen LogP contribution is 2.17. The number of aliphatic hydroxyl groups is 1. The Bertz CT molecular complexity index is 414. The van der Waals surface area contributed by atoms with Crippen LogP contribution >= 0.6 is 11.6 Å². The SMILES string of the molecule is O=C(NCC1(O)CCNCC1)c1ccc(Cl)cc1. The second kappa shape index (κ2) is 5.69. The zero-order chi connectivity index (χ0) is 13.0. The number of amides is 1. The van der Waals surface area contributed by atoms with Gasteiger partial charge in [-0.25, -0.2) is 0 Å². The highest BCUT2D eigenvalue weighted by atomic mass is 35.5. The third-order valence-corrected chi connectivity index (χ3v) is 3.47. The van der Waals surface area contributed by atoms with Crippen LogP contribution in [0.5, 0.6) is 0 Å². The van der Waals surface area contributed by atoms with Crippen LogP contribution in [0.3, 0.4) is 0 Å². The van der Waals surface area contributed by atoms with E-state index in [2.05, 4.69) is 10.6 Å². The van der Waals surface area contributed by atoms with Gasteiger partial charge in [-0.15, -0.1) is 0 Å². The second-order valence-corrected chi connectivity index (χ2v) is 5.10. The summed E-state index contributed by atoms with van der Waals surface area (Å²) in [6, 6.07) is 6.69. The van der Waals surface area contributed by atoms with E-state index in [1.807, 2.05) is 0 Å². The molecule has 0 unspecified atom stereocenters. The van der Waals surface area contributed by atoms with Gasteiger partial charge in [0.15, 0.2) is 0 Å². The number of carbonyl (C=O) groups excluding carboxylic acids is 1. The summed E-state index contributed by atoms with van der Waals surface area (Å²) in [5.74, 6) is -0.182. The average Bonchev–Trinajstić information content (AvgIpc) is 2.38. The molecule has 1 aromatic rings. The van der Waals surface area contributed by atoms with Gasteiger partial charge in [0.25, 0.3) is 5.91 Å². The summed E-state index contributed by atoms with van der Waals surface area (Å²) >= 11 is 5.76. The van der Waals surface area contributed by atoms with Crippen LogP contribution in [-0.2, 0) is 0 Å². The van der Waals surface area contributed by atoms with E-state index < -0.39 is 5.60 Å². The Morgan fingerprint density at radius 3 is 2.56 bits per heavy atom. The fraction of sp³-hybridized carbons (Fsp3) is 0.462. The van der Waals surface area contributed by atoms with Gasteiger partial charge in [0.1, 0.15) is 0 Å². The lowest BCUT2D eigenvalue weighted by molar-refractivity contribution is 0.0113. The van der Waals surface area contributed by atoms with E-state index in [1.165, 1.54) is 0 Å². The van der Waals surface area contributed by atoms with Gasteiger partial charge in [-0.1, -0.05) is 11.6 Å². The summed E-state index contributed by atoms with van der Waals surface area (Å²) in [5.41, 5.74) is -0.232. The lowest BCUT2D eigenvalue weighted by atomic mass is 9.92.